The highest BCUT2D eigenvalue weighted by Gasteiger charge is 2.13. The van der Waals surface area contributed by atoms with Gasteiger partial charge in [0.05, 0.1) is 0 Å². The minimum atomic E-state index is -2.46. The summed E-state index contributed by atoms with van der Waals surface area (Å²) in [6, 6.07) is 0.596. The highest BCUT2D eigenvalue weighted by atomic mass is 19.3. The standard InChI is InChI=1S/C15H27F2N3/c1-11(2)20-10-9-14(19-4)12(3)5-6-13(18)7-8-15(16)17/h6-8,10-12,14-15,19H,5,9,18H2,1-4H3/b8-7+,13-6+,20-10+/t12-,14?/m0/s1. The molecule has 0 bridgehead atoms. The van der Waals surface area contributed by atoms with Gasteiger partial charge in [0.15, 0.2) is 0 Å². The van der Waals surface area contributed by atoms with Gasteiger partial charge in [-0.25, -0.2) is 8.78 Å². The third-order valence-corrected chi connectivity index (χ3v) is 2.98. The van der Waals surface area contributed by atoms with Crippen LogP contribution in [0, 0.1) is 5.92 Å². The molecular formula is C15H27F2N3. The van der Waals surface area contributed by atoms with Crippen molar-refractivity contribution in [3.63, 3.8) is 0 Å². The van der Waals surface area contributed by atoms with Crippen LogP contribution in [-0.4, -0.2) is 31.8 Å². The second-order valence-corrected chi connectivity index (χ2v) is 5.17. The van der Waals surface area contributed by atoms with Crippen molar-refractivity contribution in [1.29, 1.82) is 0 Å². The Morgan fingerprint density at radius 3 is 2.40 bits per heavy atom. The molecule has 5 heteroatoms. The van der Waals surface area contributed by atoms with Crippen LogP contribution in [0.5, 0.6) is 0 Å². The van der Waals surface area contributed by atoms with E-state index in [0.717, 1.165) is 18.9 Å². The van der Waals surface area contributed by atoms with Crippen LogP contribution < -0.4 is 11.1 Å². The maximum Gasteiger partial charge on any atom is 0.257 e. The molecule has 0 fully saturated rings. The van der Waals surface area contributed by atoms with E-state index in [2.05, 4.69) is 17.2 Å². The molecule has 3 N–H and O–H groups in total. The number of nitrogens with two attached hydrogens (primary N) is 1. The monoisotopic (exact) mass is 287 g/mol. The largest absolute Gasteiger partial charge is 0.399 e. The van der Waals surface area contributed by atoms with E-state index in [1.807, 2.05) is 27.1 Å². The van der Waals surface area contributed by atoms with Crippen LogP contribution in [0.1, 0.15) is 33.6 Å². The van der Waals surface area contributed by atoms with Gasteiger partial charge in [0.2, 0.25) is 0 Å². The average Bonchev–Trinajstić information content (AvgIpc) is 2.38. The second kappa shape index (κ2) is 10.5. The Morgan fingerprint density at radius 2 is 1.90 bits per heavy atom. The molecule has 0 aromatic rings. The Kier molecular flexibility index (Phi) is 9.90. The smallest absolute Gasteiger partial charge is 0.257 e. The van der Waals surface area contributed by atoms with Crippen LogP contribution >= 0.6 is 0 Å². The summed E-state index contributed by atoms with van der Waals surface area (Å²) in [6.45, 7) is 6.17. The van der Waals surface area contributed by atoms with Gasteiger partial charge in [-0.15, -0.1) is 0 Å². The molecule has 0 amide bonds. The van der Waals surface area contributed by atoms with E-state index in [9.17, 15) is 8.78 Å². The molecule has 0 saturated carbocycles. The molecule has 0 heterocycles. The number of aliphatic imine (C=N–C) groups is 1. The number of alkyl halides is 2. The summed E-state index contributed by atoms with van der Waals surface area (Å²) in [5, 5.41) is 3.25. The van der Waals surface area contributed by atoms with Crippen molar-refractivity contribution in [2.45, 2.75) is 52.1 Å². The molecule has 0 aliphatic carbocycles. The number of nitrogens with zero attached hydrogens (tertiary/aromatic N) is 1. The Bertz CT molecular complexity index is 336. The van der Waals surface area contributed by atoms with Crippen molar-refractivity contribution in [1.82, 2.24) is 5.32 Å². The van der Waals surface area contributed by atoms with Gasteiger partial charge in [-0.1, -0.05) is 13.0 Å². The molecule has 0 aromatic carbocycles. The minimum absolute atomic E-state index is 0.292. The zero-order valence-corrected chi connectivity index (χ0v) is 12.8. The maximum atomic E-state index is 12.0. The van der Waals surface area contributed by atoms with Crippen LogP contribution in [0.4, 0.5) is 8.78 Å². The first-order valence-corrected chi connectivity index (χ1v) is 6.97. The van der Waals surface area contributed by atoms with Crippen LogP contribution in [0.15, 0.2) is 28.9 Å². The summed E-state index contributed by atoms with van der Waals surface area (Å²) >= 11 is 0. The number of hydrogen-bond acceptors (Lipinski definition) is 3. The first-order valence-electron chi connectivity index (χ1n) is 6.97. The Labute approximate surface area is 121 Å². The fourth-order valence-corrected chi connectivity index (χ4v) is 1.76. The predicted octanol–water partition coefficient (Wildman–Crippen LogP) is 3.13. The van der Waals surface area contributed by atoms with E-state index in [4.69, 9.17) is 5.73 Å². The van der Waals surface area contributed by atoms with Crippen molar-refractivity contribution in [3.8, 4) is 0 Å². The summed E-state index contributed by atoms with van der Waals surface area (Å²) in [4.78, 5) is 4.34. The highest BCUT2D eigenvalue weighted by molar-refractivity contribution is 5.58. The molecule has 0 aliphatic rings. The summed E-state index contributed by atoms with van der Waals surface area (Å²) in [7, 11) is 1.91. The lowest BCUT2D eigenvalue weighted by molar-refractivity contribution is 0.204. The molecule has 3 nitrogen and oxygen atoms in total. The van der Waals surface area contributed by atoms with E-state index < -0.39 is 6.43 Å². The highest BCUT2D eigenvalue weighted by Crippen LogP contribution is 2.12. The first-order chi connectivity index (χ1) is 9.36. The van der Waals surface area contributed by atoms with Gasteiger partial charge in [0.25, 0.3) is 6.43 Å². The van der Waals surface area contributed by atoms with Gasteiger partial charge in [0.1, 0.15) is 0 Å². The molecule has 2 atom stereocenters. The van der Waals surface area contributed by atoms with Gasteiger partial charge >= 0.3 is 0 Å². The maximum absolute atomic E-state index is 12.0. The minimum Gasteiger partial charge on any atom is -0.399 e. The lowest BCUT2D eigenvalue weighted by atomic mass is 9.95. The van der Waals surface area contributed by atoms with E-state index in [0.29, 0.717) is 23.7 Å². The molecule has 0 spiro atoms. The third-order valence-electron chi connectivity index (χ3n) is 2.98. The van der Waals surface area contributed by atoms with Crippen molar-refractivity contribution in [2.24, 2.45) is 16.6 Å². The second-order valence-electron chi connectivity index (χ2n) is 5.17. The SMILES string of the molecule is CNC(C/C=N/C(C)C)[C@@H](C)C/C=C(N)\C=C\C(F)F. The van der Waals surface area contributed by atoms with Gasteiger partial charge in [-0.2, -0.15) is 0 Å². The molecule has 0 aliphatic heterocycles. The normalized spacial score (nSPS) is 16.7. The molecule has 1 unspecified atom stereocenters. The average molecular weight is 287 g/mol. The lowest BCUT2D eigenvalue weighted by Gasteiger charge is -2.21. The Hall–Kier alpha value is -1.23. The van der Waals surface area contributed by atoms with Crippen LogP contribution in [-0.2, 0) is 0 Å². The zero-order chi connectivity index (χ0) is 15.5. The molecule has 0 rings (SSSR count). The number of hydrogen-bond donors (Lipinski definition) is 2. The summed E-state index contributed by atoms with van der Waals surface area (Å²) in [5.41, 5.74) is 6.02. The number of halogens is 2. The van der Waals surface area contributed by atoms with Crippen molar-refractivity contribution >= 4 is 6.21 Å². The van der Waals surface area contributed by atoms with Crippen LogP contribution in [0.25, 0.3) is 0 Å². The number of nitrogens with one attached hydrogen (secondary N) is 1. The Balaban J connectivity index is 4.34. The molecule has 0 aromatic heterocycles. The third kappa shape index (κ3) is 9.67. The molecule has 20 heavy (non-hydrogen) atoms. The molecule has 0 radical (unpaired) electrons. The lowest BCUT2D eigenvalue weighted by Crippen LogP contribution is -2.32. The zero-order valence-electron chi connectivity index (χ0n) is 12.8. The first kappa shape index (κ1) is 18.8. The van der Waals surface area contributed by atoms with Gasteiger partial charge in [0, 0.05) is 24.0 Å². The van der Waals surface area contributed by atoms with Gasteiger partial charge in [-0.3, -0.25) is 4.99 Å². The van der Waals surface area contributed by atoms with Gasteiger partial charge < -0.3 is 11.1 Å². The quantitative estimate of drug-likeness (QED) is 0.505. The van der Waals surface area contributed by atoms with Crippen molar-refractivity contribution in [3.05, 3.63) is 23.9 Å². The predicted molar refractivity (Wildman–Crippen MR) is 82.3 cm³/mol. The summed E-state index contributed by atoms with van der Waals surface area (Å²) in [6.07, 6.45) is 4.89. The topological polar surface area (TPSA) is 50.4 Å². The van der Waals surface area contributed by atoms with Crippen LogP contribution in [0.3, 0.4) is 0 Å². The van der Waals surface area contributed by atoms with Crippen molar-refractivity contribution in [2.75, 3.05) is 7.05 Å². The number of rotatable bonds is 9. The molecule has 116 valence electrons. The Morgan fingerprint density at radius 1 is 1.25 bits per heavy atom. The molecular weight excluding hydrogens is 260 g/mol. The van der Waals surface area contributed by atoms with E-state index in [1.54, 1.807) is 6.08 Å². The fraction of sp³-hybridized carbons (Fsp3) is 0.667. The van der Waals surface area contributed by atoms with Crippen molar-refractivity contribution < 1.29 is 8.78 Å². The van der Waals surface area contributed by atoms with E-state index >= 15 is 0 Å². The number of allylic oxidation sites excluding steroid dienone is 3. The molecule has 0 saturated heterocycles. The van der Waals surface area contributed by atoms with Crippen LogP contribution in [0.2, 0.25) is 0 Å². The van der Waals surface area contributed by atoms with E-state index in [1.165, 1.54) is 6.08 Å². The van der Waals surface area contributed by atoms with E-state index in [-0.39, 0.29) is 0 Å². The fourth-order valence-electron chi connectivity index (χ4n) is 1.76. The summed E-state index contributed by atoms with van der Waals surface area (Å²) in [5.74, 6) is 0.345. The van der Waals surface area contributed by atoms with Gasteiger partial charge in [-0.05, 0) is 51.8 Å². The summed E-state index contributed by atoms with van der Waals surface area (Å²) < 4.78 is 24.0.